The Labute approximate surface area is 350 Å². The number of hydrogen-bond acceptors (Lipinski definition) is 3. The molecule has 3 heteroatoms. The van der Waals surface area contributed by atoms with Crippen molar-refractivity contribution in [2.45, 2.75) is 0 Å². The smallest absolute Gasteiger partial charge is 0.143 e. The second-order valence-corrected chi connectivity index (χ2v) is 16.0. The molecule has 0 spiro atoms. The molecule has 2 heterocycles. The lowest BCUT2D eigenvalue weighted by Gasteiger charge is -2.29. The van der Waals surface area contributed by atoms with Crippen LogP contribution in [-0.4, -0.2) is 0 Å². The van der Waals surface area contributed by atoms with Gasteiger partial charge in [0.25, 0.3) is 0 Å². The molecule has 0 N–H and O–H groups in total. The number of hydrogen-bond donors (Lipinski definition) is 0. The topological polar surface area (TPSA) is 29.5 Å². The van der Waals surface area contributed by atoms with E-state index in [0.29, 0.717) is 0 Å². The zero-order valence-corrected chi connectivity index (χ0v) is 33.0. The van der Waals surface area contributed by atoms with E-state index in [2.05, 4.69) is 217 Å². The number of furan rings is 2. The van der Waals surface area contributed by atoms with Crippen LogP contribution >= 0.6 is 0 Å². The molecule has 3 nitrogen and oxygen atoms in total. The minimum absolute atomic E-state index is 0.848. The van der Waals surface area contributed by atoms with Crippen LogP contribution in [0.5, 0.6) is 0 Å². The van der Waals surface area contributed by atoms with Crippen molar-refractivity contribution >= 4 is 104 Å². The summed E-state index contributed by atoms with van der Waals surface area (Å²) in [5, 5.41) is 14.0. The highest BCUT2D eigenvalue weighted by atomic mass is 16.3. The minimum atomic E-state index is 0.848. The van der Waals surface area contributed by atoms with Crippen LogP contribution in [0.15, 0.2) is 221 Å². The molecule has 0 bridgehead atoms. The second-order valence-electron chi connectivity index (χ2n) is 16.0. The van der Waals surface area contributed by atoms with E-state index < -0.39 is 0 Å². The van der Waals surface area contributed by atoms with Gasteiger partial charge >= 0.3 is 0 Å². The zero-order chi connectivity index (χ0) is 40.0. The third-order valence-corrected chi connectivity index (χ3v) is 12.6. The number of nitrogens with zero attached hydrogens (tertiary/aromatic N) is 1. The van der Waals surface area contributed by atoms with E-state index in [4.69, 9.17) is 8.83 Å². The highest BCUT2D eigenvalue weighted by Crippen LogP contribution is 2.49. The fraction of sp³-hybridized carbons (Fsp3) is 0. The van der Waals surface area contributed by atoms with Gasteiger partial charge in [-0.3, -0.25) is 0 Å². The van der Waals surface area contributed by atoms with Gasteiger partial charge in [0.05, 0.1) is 16.8 Å². The van der Waals surface area contributed by atoms with Crippen molar-refractivity contribution in [1.29, 1.82) is 0 Å². The summed E-state index contributed by atoms with van der Waals surface area (Å²) in [6.07, 6.45) is 0. The summed E-state index contributed by atoms with van der Waals surface area (Å²) in [6.45, 7) is 0. The molecule has 0 saturated heterocycles. The van der Waals surface area contributed by atoms with Gasteiger partial charge in [-0.05, 0) is 115 Å². The Morgan fingerprint density at radius 3 is 1.75 bits per heavy atom. The molecule has 0 atom stereocenters. The summed E-state index contributed by atoms with van der Waals surface area (Å²) >= 11 is 0. The van der Waals surface area contributed by atoms with Crippen LogP contribution in [0.2, 0.25) is 0 Å². The van der Waals surface area contributed by atoms with Gasteiger partial charge in [0, 0.05) is 32.8 Å². The maximum absolute atomic E-state index is 6.79. The maximum atomic E-state index is 6.79. The van der Waals surface area contributed by atoms with E-state index in [0.717, 1.165) is 88.2 Å². The summed E-state index contributed by atoms with van der Waals surface area (Å²) in [6, 6.07) is 76.3. The zero-order valence-electron chi connectivity index (χ0n) is 33.0. The lowest BCUT2D eigenvalue weighted by molar-refractivity contribution is 0.669. The van der Waals surface area contributed by atoms with Gasteiger partial charge in [-0.2, -0.15) is 0 Å². The van der Waals surface area contributed by atoms with Crippen molar-refractivity contribution in [3.63, 3.8) is 0 Å². The van der Waals surface area contributed by atoms with E-state index in [9.17, 15) is 0 Å². The molecule has 13 aromatic rings. The van der Waals surface area contributed by atoms with Gasteiger partial charge in [-0.1, -0.05) is 152 Å². The van der Waals surface area contributed by atoms with Crippen molar-refractivity contribution in [3.05, 3.63) is 212 Å². The molecule has 61 heavy (non-hydrogen) atoms. The average Bonchev–Trinajstić information content (AvgIpc) is 3.90. The Bertz CT molecular complexity index is 3890. The molecule has 0 saturated carbocycles. The molecular formula is C58H35NO2. The van der Waals surface area contributed by atoms with Gasteiger partial charge < -0.3 is 13.7 Å². The second kappa shape index (κ2) is 13.2. The summed E-state index contributed by atoms with van der Waals surface area (Å²) in [5.74, 6) is 0. The van der Waals surface area contributed by atoms with E-state index in [1.54, 1.807) is 0 Å². The van der Waals surface area contributed by atoms with Crippen molar-refractivity contribution in [2.75, 3.05) is 4.90 Å². The molecule has 0 unspecified atom stereocenters. The highest BCUT2D eigenvalue weighted by Gasteiger charge is 2.24. The van der Waals surface area contributed by atoms with Gasteiger partial charge in [0.2, 0.25) is 0 Å². The highest BCUT2D eigenvalue weighted by molar-refractivity contribution is 6.21. The molecular weight excluding hydrogens is 743 g/mol. The largest absolute Gasteiger partial charge is 0.456 e. The Morgan fingerprint density at radius 1 is 0.295 bits per heavy atom. The predicted octanol–water partition coefficient (Wildman–Crippen LogP) is 16.9. The van der Waals surface area contributed by atoms with E-state index >= 15 is 0 Å². The summed E-state index contributed by atoms with van der Waals surface area (Å²) in [7, 11) is 0. The van der Waals surface area contributed by atoms with Crippen molar-refractivity contribution < 1.29 is 8.83 Å². The van der Waals surface area contributed by atoms with Crippen LogP contribution < -0.4 is 4.90 Å². The van der Waals surface area contributed by atoms with Crippen LogP contribution in [0.25, 0.3) is 109 Å². The maximum Gasteiger partial charge on any atom is 0.143 e. The molecule has 284 valence electrons. The molecule has 0 radical (unpaired) electrons. The first-order chi connectivity index (χ1) is 30.2. The number of benzene rings is 11. The fourth-order valence-corrected chi connectivity index (χ4v) is 9.85. The van der Waals surface area contributed by atoms with Gasteiger partial charge in [0.1, 0.15) is 22.3 Å². The molecule has 0 fully saturated rings. The third-order valence-electron chi connectivity index (χ3n) is 12.6. The van der Waals surface area contributed by atoms with E-state index in [1.165, 1.54) is 38.1 Å². The van der Waals surface area contributed by atoms with Gasteiger partial charge in [0.15, 0.2) is 0 Å². The molecule has 2 aromatic heterocycles. The average molecular weight is 778 g/mol. The molecule has 0 amide bonds. The number of anilines is 3. The van der Waals surface area contributed by atoms with Crippen LogP contribution in [0.4, 0.5) is 17.1 Å². The van der Waals surface area contributed by atoms with Crippen LogP contribution in [-0.2, 0) is 0 Å². The first-order valence-electron chi connectivity index (χ1n) is 20.8. The molecule has 11 aromatic carbocycles. The van der Waals surface area contributed by atoms with Gasteiger partial charge in [-0.25, -0.2) is 0 Å². The van der Waals surface area contributed by atoms with Crippen LogP contribution in [0, 0.1) is 0 Å². The Balaban J connectivity index is 1.07. The number of para-hydroxylation sites is 1. The molecule has 0 aliphatic carbocycles. The number of fused-ring (bicyclic) bond motifs is 12. The first kappa shape index (κ1) is 33.8. The predicted molar refractivity (Wildman–Crippen MR) is 257 cm³/mol. The normalized spacial score (nSPS) is 11.9. The van der Waals surface area contributed by atoms with Crippen LogP contribution in [0.3, 0.4) is 0 Å². The molecule has 0 aliphatic heterocycles. The SMILES string of the molecule is c1ccc(N(c2ccc(-c3cc4ccccc4c4ccccc34)cc2)c2cccc3oc4c5ccccc5ccc4c23)c(-c2cccc3oc4cc5ccccc5cc4c23)c1. The fourth-order valence-electron chi connectivity index (χ4n) is 9.85. The third kappa shape index (κ3) is 5.17. The van der Waals surface area contributed by atoms with Crippen molar-refractivity contribution in [3.8, 4) is 22.3 Å². The summed E-state index contributed by atoms with van der Waals surface area (Å²) < 4.78 is 13.4. The van der Waals surface area contributed by atoms with Crippen LogP contribution in [0.1, 0.15) is 0 Å². The summed E-state index contributed by atoms with van der Waals surface area (Å²) in [5.41, 5.74) is 11.2. The molecule has 13 rings (SSSR count). The standard InChI is InChI=1S/C58H35NO2/c1-2-15-39-35-55-50(33-38(39)14-1)56-47(22-11-25-53(56)60-55)46-21-9-10-23-51(46)59(52-24-12-26-54-57(52)48-32-29-36-13-3-6-18-43(36)58(48)61-54)41-30-27-37(28-31-41)49-34-40-16-4-5-17-42(40)44-19-7-8-20-45(44)49/h1-35H. The van der Waals surface area contributed by atoms with Crippen molar-refractivity contribution in [2.24, 2.45) is 0 Å². The van der Waals surface area contributed by atoms with Crippen molar-refractivity contribution in [1.82, 2.24) is 0 Å². The number of rotatable bonds is 5. The monoisotopic (exact) mass is 777 g/mol. The van der Waals surface area contributed by atoms with E-state index in [-0.39, 0.29) is 0 Å². The summed E-state index contributed by atoms with van der Waals surface area (Å²) in [4.78, 5) is 2.42. The quantitative estimate of drug-likeness (QED) is 0.163. The molecule has 0 aliphatic rings. The first-order valence-corrected chi connectivity index (χ1v) is 20.8. The Kier molecular flexibility index (Phi) is 7.31. The lowest BCUT2D eigenvalue weighted by atomic mass is 9.93. The Hall–Kier alpha value is -8.14. The lowest BCUT2D eigenvalue weighted by Crippen LogP contribution is -2.11. The van der Waals surface area contributed by atoms with Gasteiger partial charge in [-0.15, -0.1) is 0 Å². The Morgan fingerprint density at radius 2 is 0.918 bits per heavy atom. The minimum Gasteiger partial charge on any atom is -0.456 e. The van der Waals surface area contributed by atoms with E-state index in [1.807, 2.05) is 0 Å².